The van der Waals surface area contributed by atoms with Gasteiger partial charge in [0.2, 0.25) is 0 Å². The summed E-state index contributed by atoms with van der Waals surface area (Å²) in [5.74, 6) is 0.528. The molecule has 2 aromatic heterocycles. The smallest absolute Gasteiger partial charge is 0.255 e. The van der Waals surface area contributed by atoms with Gasteiger partial charge in [0.05, 0.1) is 28.0 Å². The number of nitriles is 1. The van der Waals surface area contributed by atoms with E-state index in [0.29, 0.717) is 34.0 Å². The van der Waals surface area contributed by atoms with Gasteiger partial charge in [0.15, 0.2) is 5.65 Å². The molecule has 36 heavy (non-hydrogen) atoms. The average Bonchev–Trinajstić information content (AvgIpc) is 3.29. The van der Waals surface area contributed by atoms with E-state index in [1.807, 2.05) is 60.7 Å². The van der Waals surface area contributed by atoms with Crippen LogP contribution in [0.4, 0.5) is 11.5 Å². The maximum Gasteiger partial charge on any atom is 0.255 e. The number of nitrogens with zero attached hydrogens (tertiary/aromatic N) is 4. The van der Waals surface area contributed by atoms with Crippen LogP contribution in [0.3, 0.4) is 0 Å². The Kier molecular flexibility index (Phi) is 6.67. The van der Waals surface area contributed by atoms with Crippen LogP contribution in [0.1, 0.15) is 21.5 Å². The molecule has 0 radical (unpaired) electrons. The van der Waals surface area contributed by atoms with Gasteiger partial charge in [0.25, 0.3) is 5.91 Å². The number of amides is 1. The molecule has 0 aliphatic heterocycles. The second-order valence-electron chi connectivity index (χ2n) is 7.93. The van der Waals surface area contributed by atoms with Crippen LogP contribution in [0.5, 0.6) is 0 Å². The van der Waals surface area contributed by atoms with E-state index in [0.717, 1.165) is 27.1 Å². The highest BCUT2D eigenvalue weighted by Crippen LogP contribution is 2.30. The van der Waals surface area contributed by atoms with Crippen LogP contribution in [0.15, 0.2) is 89.5 Å². The molecule has 0 spiro atoms. The van der Waals surface area contributed by atoms with Gasteiger partial charge < -0.3 is 10.6 Å². The number of aromatic nitrogens is 3. The van der Waals surface area contributed by atoms with Gasteiger partial charge in [-0.1, -0.05) is 41.9 Å². The number of carbonyl (C=O) groups is 1. The van der Waals surface area contributed by atoms with Crippen LogP contribution in [-0.4, -0.2) is 20.5 Å². The zero-order valence-electron chi connectivity index (χ0n) is 18.7. The quantitative estimate of drug-likeness (QED) is 0.247. The standard InChI is InChI=1S/C27H18BrClN6O/c28-22-16-32-35-25(13-24(34-26(22)35)21-3-1-2-4-23(21)29)31-15-18-7-11-20(12-8-18)33-27(36)19-9-5-17(14-30)6-10-19/h1-13,16,31H,15H2,(H,33,36). The van der Waals surface area contributed by atoms with E-state index in [1.54, 1.807) is 35.0 Å². The molecular weight excluding hydrogens is 540 g/mol. The number of rotatable bonds is 6. The van der Waals surface area contributed by atoms with Crippen molar-refractivity contribution in [1.82, 2.24) is 14.6 Å². The molecule has 2 N–H and O–H groups in total. The Labute approximate surface area is 220 Å². The third kappa shape index (κ3) is 4.93. The Balaban J connectivity index is 1.32. The van der Waals surface area contributed by atoms with Crippen molar-refractivity contribution in [3.8, 4) is 17.3 Å². The molecule has 1 amide bonds. The average molecular weight is 558 g/mol. The summed E-state index contributed by atoms with van der Waals surface area (Å²) in [6.07, 6.45) is 1.70. The maximum absolute atomic E-state index is 12.5. The van der Waals surface area contributed by atoms with Crippen molar-refractivity contribution in [3.63, 3.8) is 0 Å². The topological polar surface area (TPSA) is 95.1 Å². The zero-order chi connectivity index (χ0) is 25.1. The first kappa shape index (κ1) is 23.5. The predicted molar refractivity (Wildman–Crippen MR) is 144 cm³/mol. The Hall–Kier alpha value is -4.19. The molecule has 7 nitrogen and oxygen atoms in total. The van der Waals surface area contributed by atoms with Gasteiger partial charge in [-0.15, -0.1) is 0 Å². The van der Waals surface area contributed by atoms with E-state index in [-0.39, 0.29) is 5.91 Å². The Morgan fingerprint density at radius 2 is 1.81 bits per heavy atom. The summed E-state index contributed by atoms with van der Waals surface area (Å²) in [6, 6.07) is 25.6. The van der Waals surface area contributed by atoms with Gasteiger partial charge in [-0.05, 0) is 64.0 Å². The predicted octanol–water partition coefficient (Wildman–Crippen LogP) is 6.55. The minimum absolute atomic E-state index is 0.235. The lowest BCUT2D eigenvalue weighted by Gasteiger charge is -2.12. The molecule has 0 aliphatic carbocycles. The first-order valence-electron chi connectivity index (χ1n) is 11.0. The molecule has 0 saturated carbocycles. The second kappa shape index (κ2) is 10.2. The van der Waals surface area contributed by atoms with Crippen LogP contribution < -0.4 is 10.6 Å². The molecule has 0 saturated heterocycles. The molecule has 0 unspecified atom stereocenters. The van der Waals surface area contributed by atoms with Crippen molar-refractivity contribution >= 4 is 50.6 Å². The molecular formula is C27H18BrClN6O. The number of fused-ring (bicyclic) bond motifs is 1. The third-order valence-electron chi connectivity index (χ3n) is 5.54. The van der Waals surface area contributed by atoms with E-state index in [1.165, 1.54) is 0 Å². The fraction of sp³-hybridized carbons (Fsp3) is 0.0370. The monoisotopic (exact) mass is 556 g/mol. The van der Waals surface area contributed by atoms with Gasteiger partial charge in [-0.3, -0.25) is 4.79 Å². The number of anilines is 2. The van der Waals surface area contributed by atoms with E-state index < -0.39 is 0 Å². The van der Waals surface area contributed by atoms with Crippen LogP contribution in [0, 0.1) is 11.3 Å². The first-order valence-corrected chi connectivity index (χ1v) is 12.1. The summed E-state index contributed by atoms with van der Waals surface area (Å²) in [7, 11) is 0. The summed E-state index contributed by atoms with van der Waals surface area (Å²) < 4.78 is 2.51. The van der Waals surface area contributed by atoms with Crippen LogP contribution in [-0.2, 0) is 6.54 Å². The van der Waals surface area contributed by atoms with Gasteiger partial charge in [0.1, 0.15) is 5.82 Å². The van der Waals surface area contributed by atoms with E-state index in [9.17, 15) is 4.79 Å². The highest BCUT2D eigenvalue weighted by molar-refractivity contribution is 9.10. The molecule has 0 atom stereocenters. The van der Waals surface area contributed by atoms with Crippen LogP contribution in [0.2, 0.25) is 5.02 Å². The van der Waals surface area contributed by atoms with Gasteiger partial charge in [-0.2, -0.15) is 14.9 Å². The minimum Gasteiger partial charge on any atom is -0.366 e. The molecule has 0 bridgehead atoms. The van der Waals surface area contributed by atoms with Crippen molar-refractivity contribution in [2.45, 2.75) is 6.54 Å². The molecule has 5 aromatic rings. The van der Waals surface area contributed by atoms with Crippen molar-refractivity contribution in [2.75, 3.05) is 10.6 Å². The Morgan fingerprint density at radius 3 is 2.53 bits per heavy atom. The second-order valence-corrected chi connectivity index (χ2v) is 9.19. The molecule has 2 heterocycles. The van der Waals surface area contributed by atoms with E-state index in [4.69, 9.17) is 21.8 Å². The molecule has 0 aliphatic rings. The fourth-order valence-corrected chi connectivity index (χ4v) is 4.25. The van der Waals surface area contributed by atoms with Crippen molar-refractivity contribution in [2.24, 2.45) is 0 Å². The lowest BCUT2D eigenvalue weighted by molar-refractivity contribution is 0.102. The first-order chi connectivity index (χ1) is 17.5. The molecule has 5 rings (SSSR count). The Bertz CT molecular complexity index is 1610. The lowest BCUT2D eigenvalue weighted by Crippen LogP contribution is -2.12. The maximum atomic E-state index is 12.5. The molecule has 9 heteroatoms. The zero-order valence-corrected chi connectivity index (χ0v) is 21.1. The van der Waals surface area contributed by atoms with Gasteiger partial charge in [0, 0.05) is 34.4 Å². The van der Waals surface area contributed by atoms with E-state index >= 15 is 0 Å². The Morgan fingerprint density at radius 1 is 1.06 bits per heavy atom. The highest BCUT2D eigenvalue weighted by Gasteiger charge is 2.13. The summed E-state index contributed by atoms with van der Waals surface area (Å²) in [5, 5.41) is 20.2. The summed E-state index contributed by atoms with van der Waals surface area (Å²) in [6.45, 7) is 0.530. The van der Waals surface area contributed by atoms with Crippen molar-refractivity contribution < 1.29 is 4.79 Å². The number of carbonyl (C=O) groups excluding carboxylic acids is 1. The number of hydrogen-bond donors (Lipinski definition) is 2. The summed E-state index contributed by atoms with van der Waals surface area (Å²) in [5.41, 5.74) is 4.93. The third-order valence-corrected chi connectivity index (χ3v) is 6.43. The fourth-order valence-electron chi connectivity index (χ4n) is 3.67. The summed E-state index contributed by atoms with van der Waals surface area (Å²) >= 11 is 9.93. The molecule has 3 aromatic carbocycles. The molecule has 0 fully saturated rings. The number of benzene rings is 3. The van der Waals surface area contributed by atoms with Crippen LogP contribution in [0.25, 0.3) is 16.9 Å². The summed E-state index contributed by atoms with van der Waals surface area (Å²) in [4.78, 5) is 17.2. The number of halogens is 2. The SMILES string of the molecule is N#Cc1ccc(C(=O)Nc2ccc(CNc3cc(-c4ccccc4Cl)nc4c(Br)cnn34)cc2)cc1. The minimum atomic E-state index is -0.235. The van der Waals surface area contributed by atoms with Gasteiger partial charge in [-0.25, -0.2) is 4.98 Å². The highest BCUT2D eigenvalue weighted by atomic mass is 79.9. The number of nitrogens with one attached hydrogen (secondary N) is 2. The number of hydrogen-bond acceptors (Lipinski definition) is 5. The largest absolute Gasteiger partial charge is 0.366 e. The lowest BCUT2D eigenvalue weighted by atomic mass is 10.1. The van der Waals surface area contributed by atoms with Gasteiger partial charge >= 0.3 is 0 Å². The normalized spacial score (nSPS) is 10.7. The van der Waals surface area contributed by atoms with E-state index in [2.05, 4.69) is 31.7 Å². The van der Waals surface area contributed by atoms with Crippen molar-refractivity contribution in [1.29, 1.82) is 5.26 Å². The van der Waals surface area contributed by atoms with Crippen LogP contribution >= 0.6 is 27.5 Å². The van der Waals surface area contributed by atoms with Crippen molar-refractivity contribution in [3.05, 3.63) is 111 Å². The molecule has 176 valence electrons.